The van der Waals surface area contributed by atoms with Crippen LogP contribution < -0.4 is 4.18 Å². The van der Waals surface area contributed by atoms with Crippen LogP contribution in [0.25, 0.3) is 0 Å². The molecule has 0 saturated heterocycles. The molecule has 0 radical (unpaired) electrons. The lowest BCUT2D eigenvalue weighted by molar-refractivity contribution is 0.492. The summed E-state index contributed by atoms with van der Waals surface area (Å²) in [7, 11) is -3.36. The molecule has 1 rings (SSSR count). The normalized spacial score (nSPS) is 11.5. The first-order chi connectivity index (χ1) is 4.99. The summed E-state index contributed by atoms with van der Waals surface area (Å²) in [6, 6.07) is 1.64. The van der Waals surface area contributed by atoms with Crippen LogP contribution in [0.1, 0.15) is 4.88 Å². The number of hydrogen-bond acceptors (Lipinski definition) is 4. The fourth-order valence-corrected chi connectivity index (χ4v) is 1.80. The van der Waals surface area contributed by atoms with Crippen molar-refractivity contribution in [3.05, 3.63) is 16.3 Å². The van der Waals surface area contributed by atoms with Crippen LogP contribution in [-0.2, 0) is 10.1 Å². The Balaban J connectivity index is 2.89. The molecule has 0 unspecified atom stereocenters. The molecule has 11 heavy (non-hydrogen) atoms. The molecule has 0 aliphatic rings. The smallest absolute Gasteiger partial charge is 0.306 e. The summed E-state index contributed by atoms with van der Waals surface area (Å²) < 4.78 is 25.9. The van der Waals surface area contributed by atoms with Crippen LogP contribution in [0.3, 0.4) is 0 Å². The third-order valence-electron chi connectivity index (χ3n) is 1.05. The summed E-state index contributed by atoms with van der Waals surface area (Å²) >= 11 is 1.46. The van der Waals surface area contributed by atoms with Gasteiger partial charge in [-0.15, -0.1) is 11.3 Å². The van der Waals surface area contributed by atoms with Crippen molar-refractivity contribution in [2.24, 2.45) is 0 Å². The minimum Gasteiger partial charge on any atom is -0.381 e. The van der Waals surface area contributed by atoms with E-state index in [-0.39, 0.29) is 0 Å². The van der Waals surface area contributed by atoms with Gasteiger partial charge in [0, 0.05) is 4.88 Å². The predicted octanol–water partition coefficient (Wildman–Crippen LogP) is 1.39. The summed E-state index contributed by atoms with van der Waals surface area (Å²) in [6.07, 6.45) is 1.03. The van der Waals surface area contributed by atoms with Crippen molar-refractivity contribution in [1.29, 1.82) is 0 Å². The third-order valence-corrected chi connectivity index (χ3v) is 2.36. The van der Waals surface area contributed by atoms with Crippen LogP contribution in [0.15, 0.2) is 11.4 Å². The largest absolute Gasteiger partial charge is 0.381 e. The zero-order valence-electron chi connectivity index (χ0n) is 6.20. The molecule has 0 aromatic carbocycles. The van der Waals surface area contributed by atoms with Crippen LogP contribution in [-0.4, -0.2) is 14.7 Å². The molecule has 0 atom stereocenters. The molecule has 0 aliphatic heterocycles. The van der Waals surface area contributed by atoms with Gasteiger partial charge in [0.25, 0.3) is 0 Å². The lowest BCUT2D eigenvalue weighted by Gasteiger charge is -1.99. The van der Waals surface area contributed by atoms with Crippen LogP contribution in [0.2, 0.25) is 0 Å². The van der Waals surface area contributed by atoms with Gasteiger partial charge in [0.15, 0.2) is 5.75 Å². The maximum atomic E-state index is 10.6. The lowest BCUT2D eigenvalue weighted by atomic mass is 10.5. The SMILES string of the molecule is Cc1sccc1OS(C)(=O)=O. The summed E-state index contributed by atoms with van der Waals surface area (Å²) in [5.74, 6) is 0.428. The lowest BCUT2D eigenvalue weighted by Crippen LogP contribution is -2.05. The standard InChI is InChI=1S/C6H8O3S2/c1-5-6(3-4-10-5)9-11(2,7)8/h3-4H,1-2H3. The van der Waals surface area contributed by atoms with E-state index in [9.17, 15) is 8.42 Å². The van der Waals surface area contributed by atoms with Crippen molar-refractivity contribution in [2.75, 3.05) is 6.26 Å². The van der Waals surface area contributed by atoms with E-state index < -0.39 is 10.1 Å². The van der Waals surface area contributed by atoms with Gasteiger partial charge in [0.05, 0.1) is 6.26 Å². The summed E-state index contributed by atoms with van der Waals surface area (Å²) in [4.78, 5) is 0.871. The second kappa shape index (κ2) is 2.83. The van der Waals surface area contributed by atoms with Crippen molar-refractivity contribution >= 4 is 21.5 Å². The molecule has 1 heterocycles. The van der Waals surface area contributed by atoms with Gasteiger partial charge in [0.1, 0.15) is 0 Å². The molecule has 0 N–H and O–H groups in total. The Kier molecular flexibility index (Phi) is 2.20. The average molecular weight is 192 g/mol. The molecule has 0 spiro atoms. The summed E-state index contributed by atoms with van der Waals surface area (Å²) in [5, 5.41) is 1.79. The number of hydrogen-bond donors (Lipinski definition) is 0. The van der Waals surface area contributed by atoms with E-state index in [2.05, 4.69) is 4.18 Å². The molecule has 3 nitrogen and oxygen atoms in total. The predicted molar refractivity (Wildman–Crippen MR) is 44.5 cm³/mol. The Morgan fingerprint density at radius 2 is 2.18 bits per heavy atom. The Labute approximate surface area is 69.7 Å². The van der Waals surface area contributed by atoms with E-state index >= 15 is 0 Å². The molecule has 5 heteroatoms. The first kappa shape index (κ1) is 8.55. The van der Waals surface area contributed by atoms with Crippen LogP contribution in [0.4, 0.5) is 0 Å². The first-order valence-electron chi connectivity index (χ1n) is 2.92. The van der Waals surface area contributed by atoms with E-state index in [0.29, 0.717) is 5.75 Å². The molecule has 62 valence electrons. The van der Waals surface area contributed by atoms with Crippen molar-refractivity contribution in [2.45, 2.75) is 6.92 Å². The van der Waals surface area contributed by atoms with Crippen LogP contribution in [0, 0.1) is 6.92 Å². The number of rotatable bonds is 2. The first-order valence-corrected chi connectivity index (χ1v) is 5.62. The zero-order chi connectivity index (χ0) is 8.48. The van der Waals surface area contributed by atoms with Gasteiger partial charge in [-0.2, -0.15) is 8.42 Å². The highest BCUT2D eigenvalue weighted by Crippen LogP contribution is 2.24. The molecule has 0 aliphatic carbocycles. The Hall–Kier alpha value is -0.550. The number of aryl methyl sites for hydroxylation is 1. The fourth-order valence-electron chi connectivity index (χ4n) is 0.623. The van der Waals surface area contributed by atoms with Gasteiger partial charge in [-0.1, -0.05) is 0 Å². The van der Waals surface area contributed by atoms with Gasteiger partial charge >= 0.3 is 10.1 Å². The van der Waals surface area contributed by atoms with E-state index in [4.69, 9.17) is 0 Å². The molecule has 0 fully saturated rings. The Bertz CT molecular complexity index is 336. The highest BCUT2D eigenvalue weighted by molar-refractivity contribution is 7.86. The van der Waals surface area contributed by atoms with Gasteiger partial charge in [0.2, 0.25) is 0 Å². The third kappa shape index (κ3) is 2.51. The minimum absolute atomic E-state index is 0.428. The van der Waals surface area contributed by atoms with Crippen molar-refractivity contribution in [3.8, 4) is 5.75 Å². The highest BCUT2D eigenvalue weighted by atomic mass is 32.2. The molecule has 0 bridgehead atoms. The van der Waals surface area contributed by atoms with E-state index in [0.717, 1.165) is 11.1 Å². The second-order valence-corrected chi connectivity index (χ2v) is 4.82. The van der Waals surface area contributed by atoms with Crippen LogP contribution >= 0.6 is 11.3 Å². The van der Waals surface area contributed by atoms with E-state index in [1.807, 2.05) is 6.92 Å². The quantitative estimate of drug-likeness (QED) is 0.665. The summed E-state index contributed by atoms with van der Waals surface area (Å²) in [5.41, 5.74) is 0. The van der Waals surface area contributed by atoms with Crippen molar-refractivity contribution < 1.29 is 12.6 Å². The van der Waals surface area contributed by atoms with E-state index in [1.54, 1.807) is 11.4 Å². The molecule has 1 aromatic heterocycles. The molecule has 0 saturated carbocycles. The average Bonchev–Trinajstić information content (AvgIpc) is 2.12. The second-order valence-electron chi connectivity index (χ2n) is 2.13. The van der Waals surface area contributed by atoms with Gasteiger partial charge in [-0.05, 0) is 18.4 Å². The molecular formula is C6H8O3S2. The Morgan fingerprint density at radius 1 is 1.55 bits per heavy atom. The molecule has 1 aromatic rings. The zero-order valence-corrected chi connectivity index (χ0v) is 7.83. The van der Waals surface area contributed by atoms with Crippen molar-refractivity contribution in [1.82, 2.24) is 0 Å². The Morgan fingerprint density at radius 3 is 2.55 bits per heavy atom. The maximum absolute atomic E-state index is 10.6. The van der Waals surface area contributed by atoms with Crippen molar-refractivity contribution in [3.63, 3.8) is 0 Å². The maximum Gasteiger partial charge on any atom is 0.306 e. The van der Waals surface area contributed by atoms with Gasteiger partial charge in [-0.3, -0.25) is 0 Å². The van der Waals surface area contributed by atoms with Gasteiger partial charge in [-0.25, -0.2) is 0 Å². The highest BCUT2D eigenvalue weighted by Gasteiger charge is 2.06. The molecular weight excluding hydrogens is 184 g/mol. The number of thiophene rings is 1. The van der Waals surface area contributed by atoms with Gasteiger partial charge < -0.3 is 4.18 Å². The van der Waals surface area contributed by atoms with E-state index in [1.165, 1.54) is 11.3 Å². The summed E-state index contributed by atoms with van der Waals surface area (Å²) in [6.45, 7) is 1.81. The fraction of sp³-hybridized carbons (Fsp3) is 0.333. The van der Waals surface area contributed by atoms with Crippen LogP contribution in [0.5, 0.6) is 5.75 Å². The minimum atomic E-state index is -3.36. The monoisotopic (exact) mass is 192 g/mol. The topological polar surface area (TPSA) is 43.4 Å². The molecule has 0 amide bonds.